The molecule has 1 aromatic carbocycles. The van der Waals surface area contributed by atoms with Crippen LogP contribution in [0.5, 0.6) is 0 Å². The van der Waals surface area contributed by atoms with Gasteiger partial charge in [0.25, 0.3) is 5.91 Å². The summed E-state index contributed by atoms with van der Waals surface area (Å²) < 4.78 is 42.4. The molecule has 124 valence electrons. The number of halogens is 4. The number of benzene rings is 1. The molecule has 0 spiro atoms. The van der Waals surface area contributed by atoms with Crippen LogP contribution in [0, 0.1) is 0 Å². The van der Waals surface area contributed by atoms with E-state index >= 15 is 0 Å². The van der Waals surface area contributed by atoms with E-state index in [9.17, 15) is 18.0 Å². The van der Waals surface area contributed by atoms with Crippen molar-refractivity contribution in [2.45, 2.75) is 6.18 Å². The molecule has 2 aromatic heterocycles. The standard InChI is InChI=1S/C14H7ClF3N3OS2/c15-9-4-3-7(6-8(9)14(16,17)18)19-13(22)12-11(20-21-24-12)10-2-1-5-23-10/h1-6H,(H,19,22). The van der Waals surface area contributed by atoms with Crippen molar-refractivity contribution in [3.63, 3.8) is 0 Å². The molecule has 0 aliphatic rings. The zero-order valence-electron chi connectivity index (χ0n) is 11.6. The zero-order valence-corrected chi connectivity index (χ0v) is 14.0. The number of nitrogens with zero attached hydrogens (tertiary/aromatic N) is 2. The highest BCUT2D eigenvalue weighted by molar-refractivity contribution is 7.14. The second-order valence-electron chi connectivity index (χ2n) is 4.57. The van der Waals surface area contributed by atoms with Gasteiger partial charge in [0.1, 0.15) is 10.6 Å². The molecule has 1 amide bonds. The van der Waals surface area contributed by atoms with Crippen LogP contribution in [-0.2, 0) is 6.18 Å². The molecule has 0 atom stereocenters. The van der Waals surface area contributed by atoms with Gasteiger partial charge in [-0.05, 0) is 41.2 Å². The highest BCUT2D eigenvalue weighted by atomic mass is 35.5. The van der Waals surface area contributed by atoms with Crippen molar-refractivity contribution < 1.29 is 18.0 Å². The number of carbonyl (C=O) groups excluding carboxylic acids is 1. The smallest absolute Gasteiger partial charge is 0.321 e. The molecule has 0 saturated carbocycles. The van der Waals surface area contributed by atoms with Crippen molar-refractivity contribution in [1.29, 1.82) is 0 Å². The number of thiophene rings is 1. The van der Waals surface area contributed by atoms with Crippen LogP contribution in [0.15, 0.2) is 35.7 Å². The van der Waals surface area contributed by atoms with E-state index in [0.29, 0.717) is 5.69 Å². The normalized spacial score (nSPS) is 11.5. The molecular weight excluding hydrogens is 383 g/mol. The van der Waals surface area contributed by atoms with E-state index in [0.717, 1.165) is 28.5 Å². The Labute approximate surface area is 147 Å². The Balaban J connectivity index is 1.88. The molecule has 3 aromatic rings. The van der Waals surface area contributed by atoms with Crippen molar-refractivity contribution in [2.75, 3.05) is 5.32 Å². The lowest BCUT2D eigenvalue weighted by atomic mass is 10.2. The number of nitrogens with one attached hydrogen (secondary N) is 1. The highest BCUT2D eigenvalue weighted by Crippen LogP contribution is 2.36. The number of hydrogen-bond acceptors (Lipinski definition) is 5. The van der Waals surface area contributed by atoms with Gasteiger partial charge in [-0.15, -0.1) is 16.4 Å². The lowest BCUT2D eigenvalue weighted by Crippen LogP contribution is -2.13. The summed E-state index contributed by atoms with van der Waals surface area (Å²) in [5, 5.41) is 7.73. The van der Waals surface area contributed by atoms with E-state index in [1.54, 1.807) is 12.1 Å². The van der Waals surface area contributed by atoms with Gasteiger partial charge in [0.15, 0.2) is 0 Å². The summed E-state index contributed by atoms with van der Waals surface area (Å²) in [4.78, 5) is 13.3. The third-order valence-corrected chi connectivity index (χ3v) is 4.91. The fraction of sp³-hybridized carbons (Fsp3) is 0.0714. The van der Waals surface area contributed by atoms with Gasteiger partial charge < -0.3 is 5.32 Å². The maximum Gasteiger partial charge on any atom is 0.417 e. The second kappa shape index (κ2) is 6.50. The summed E-state index contributed by atoms with van der Waals surface area (Å²) in [7, 11) is 0. The summed E-state index contributed by atoms with van der Waals surface area (Å²) in [6, 6.07) is 6.76. The number of amides is 1. The second-order valence-corrected chi connectivity index (χ2v) is 6.68. The van der Waals surface area contributed by atoms with Gasteiger partial charge >= 0.3 is 6.18 Å². The molecule has 0 radical (unpaired) electrons. The first-order valence-corrected chi connectivity index (χ1v) is 8.43. The molecule has 0 unspecified atom stereocenters. The number of anilines is 1. The van der Waals surface area contributed by atoms with E-state index in [1.807, 2.05) is 5.38 Å². The third kappa shape index (κ3) is 3.42. The van der Waals surface area contributed by atoms with Gasteiger partial charge in [0.05, 0.1) is 15.5 Å². The molecular formula is C14H7ClF3N3OS2. The number of alkyl halides is 3. The summed E-state index contributed by atoms with van der Waals surface area (Å²) in [6.07, 6.45) is -4.61. The molecule has 0 fully saturated rings. The molecule has 2 heterocycles. The minimum absolute atomic E-state index is 0.0118. The maximum absolute atomic E-state index is 12.9. The van der Waals surface area contributed by atoms with Gasteiger partial charge in [-0.2, -0.15) is 13.2 Å². The van der Waals surface area contributed by atoms with Crippen LogP contribution in [0.2, 0.25) is 5.02 Å². The van der Waals surface area contributed by atoms with E-state index in [2.05, 4.69) is 14.9 Å². The molecule has 0 aliphatic heterocycles. The molecule has 1 N–H and O–H groups in total. The number of aromatic nitrogens is 2. The lowest BCUT2D eigenvalue weighted by molar-refractivity contribution is -0.137. The fourth-order valence-electron chi connectivity index (χ4n) is 1.92. The Morgan fingerprint density at radius 2 is 2.04 bits per heavy atom. The molecule has 10 heteroatoms. The topological polar surface area (TPSA) is 54.9 Å². The van der Waals surface area contributed by atoms with Gasteiger partial charge in [0.2, 0.25) is 0 Å². The van der Waals surface area contributed by atoms with Crippen molar-refractivity contribution in [1.82, 2.24) is 9.59 Å². The summed E-state index contributed by atoms with van der Waals surface area (Å²) in [5.74, 6) is -0.580. The molecule has 0 bridgehead atoms. The van der Waals surface area contributed by atoms with Crippen LogP contribution in [0.25, 0.3) is 10.6 Å². The SMILES string of the molecule is O=C(Nc1ccc(Cl)c(C(F)(F)F)c1)c1snnc1-c1cccs1. The van der Waals surface area contributed by atoms with Crippen LogP contribution >= 0.6 is 34.5 Å². The Kier molecular flexibility index (Phi) is 4.57. The molecule has 0 aliphatic carbocycles. The van der Waals surface area contributed by atoms with Crippen molar-refractivity contribution in [3.05, 3.63) is 51.2 Å². The van der Waals surface area contributed by atoms with Crippen LogP contribution in [-0.4, -0.2) is 15.5 Å². The van der Waals surface area contributed by atoms with Crippen molar-refractivity contribution >= 4 is 46.1 Å². The summed E-state index contributed by atoms with van der Waals surface area (Å²) in [6.45, 7) is 0. The molecule has 24 heavy (non-hydrogen) atoms. The number of carbonyl (C=O) groups is 1. The molecule has 4 nitrogen and oxygen atoms in total. The lowest BCUT2D eigenvalue weighted by Gasteiger charge is -2.11. The average Bonchev–Trinajstić information content (AvgIpc) is 3.18. The maximum atomic E-state index is 12.9. The van der Waals surface area contributed by atoms with Gasteiger partial charge in [-0.25, -0.2) is 0 Å². The predicted molar refractivity (Wildman–Crippen MR) is 87.6 cm³/mol. The minimum atomic E-state index is -4.61. The van der Waals surface area contributed by atoms with Crippen molar-refractivity contribution in [2.24, 2.45) is 0 Å². The number of rotatable bonds is 3. The fourth-order valence-corrected chi connectivity index (χ4v) is 3.50. The first kappa shape index (κ1) is 16.9. The van der Waals surface area contributed by atoms with Crippen LogP contribution in [0.1, 0.15) is 15.2 Å². The Bertz CT molecular complexity index is 878. The van der Waals surface area contributed by atoms with E-state index in [1.165, 1.54) is 17.4 Å². The van der Waals surface area contributed by atoms with Gasteiger partial charge in [0, 0.05) is 5.69 Å². The number of hydrogen-bond donors (Lipinski definition) is 1. The third-order valence-electron chi connectivity index (χ3n) is 2.98. The summed E-state index contributed by atoms with van der Waals surface area (Å²) >= 11 is 7.82. The van der Waals surface area contributed by atoms with Gasteiger partial charge in [-0.3, -0.25) is 4.79 Å². The zero-order chi connectivity index (χ0) is 17.3. The average molecular weight is 390 g/mol. The van der Waals surface area contributed by atoms with Crippen LogP contribution < -0.4 is 5.32 Å². The summed E-state index contributed by atoms with van der Waals surface area (Å²) in [5.41, 5.74) is -0.623. The van der Waals surface area contributed by atoms with Crippen molar-refractivity contribution in [3.8, 4) is 10.6 Å². The quantitative estimate of drug-likeness (QED) is 0.670. The molecule has 3 rings (SSSR count). The van der Waals surface area contributed by atoms with Crippen LogP contribution in [0.3, 0.4) is 0 Å². The van der Waals surface area contributed by atoms with Gasteiger partial charge in [-0.1, -0.05) is 22.2 Å². The van der Waals surface area contributed by atoms with E-state index in [4.69, 9.17) is 11.6 Å². The first-order valence-electron chi connectivity index (χ1n) is 6.40. The monoisotopic (exact) mass is 389 g/mol. The minimum Gasteiger partial charge on any atom is -0.321 e. The molecule has 0 saturated heterocycles. The van der Waals surface area contributed by atoms with E-state index < -0.39 is 22.7 Å². The van der Waals surface area contributed by atoms with Crippen LogP contribution in [0.4, 0.5) is 18.9 Å². The predicted octanol–water partition coefficient (Wildman–Crippen LogP) is 5.19. The largest absolute Gasteiger partial charge is 0.417 e. The highest BCUT2D eigenvalue weighted by Gasteiger charge is 2.33. The Morgan fingerprint density at radius 3 is 2.71 bits per heavy atom. The Morgan fingerprint density at radius 1 is 1.25 bits per heavy atom. The van der Waals surface area contributed by atoms with E-state index in [-0.39, 0.29) is 10.6 Å². The first-order chi connectivity index (χ1) is 11.4. The Hall–Kier alpha value is -1.97.